The molecule has 0 radical (unpaired) electrons. The van der Waals surface area contributed by atoms with Crippen molar-refractivity contribution in [2.45, 2.75) is 29.4 Å². The van der Waals surface area contributed by atoms with E-state index in [9.17, 15) is 18.0 Å². The van der Waals surface area contributed by atoms with Crippen LogP contribution in [0.1, 0.15) is 12.8 Å². The molecule has 0 aliphatic carbocycles. The topological polar surface area (TPSA) is 101 Å². The normalized spacial score (nSPS) is 14.4. The van der Waals surface area contributed by atoms with Gasteiger partial charge >= 0.3 is 0 Å². The van der Waals surface area contributed by atoms with Crippen LogP contribution in [0.3, 0.4) is 0 Å². The zero-order valence-electron chi connectivity index (χ0n) is 18.2. The molecule has 1 amide bonds. The number of carbonyl (C=O) groups is 1. The van der Waals surface area contributed by atoms with Gasteiger partial charge in [0.2, 0.25) is 15.9 Å². The summed E-state index contributed by atoms with van der Waals surface area (Å²) in [4.78, 5) is 30.2. The largest absolute Gasteiger partial charge is 0.325 e. The van der Waals surface area contributed by atoms with Gasteiger partial charge in [-0.2, -0.15) is 4.31 Å². The number of hydrogen-bond donors (Lipinski definition) is 1. The average Bonchev–Trinajstić information content (AvgIpc) is 3.36. The summed E-state index contributed by atoms with van der Waals surface area (Å²) in [6, 6.07) is 11.1. The predicted octanol–water partition coefficient (Wildman–Crippen LogP) is 3.75. The molecular weight excluding hydrogens is 496 g/mol. The summed E-state index contributed by atoms with van der Waals surface area (Å²) in [5.74, 6) is -0.384. The fourth-order valence-corrected chi connectivity index (χ4v) is 6.25. The zero-order chi connectivity index (χ0) is 24.3. The molecule has 1 aliphatic heterocycles. The molecule has 0 bridgehead atoms. The standard InChI is InChI=1S/C23H23ClN4O4S2/c1-2-10-28-22(30)19-9-8-16(24)13-20(19)26-23(28)33-15-21(29)25-17-6-5-7-18(14-17)34(31,32)27-11-3-4-12-27/h2,5-9,13-14H,1,3-4,10-12,15H2,(H,25,29). The Morgan fingerprint density at radius 2 is 1.97 bits per heavy atom. The summed E-state index contributed by atoms with van der Waals surface area (Å²) >= 11 is 7.15. The van der Waals surface area contributed by atoms with E-state index in [-0.39, 0.29) is 28.7 Å². The maximum atomic E-state index is 12.9. The lowest BCUT2D eigenvalue weighted by Crippen LogP contribution is -2.28. The van der Waals surface area contributed by atoms with Gasteiger partial charge in [0.05, 0.1) is 21.6 Å². The number of anilines is 1. The lowest BCUT2D eigenvalue weighted by Gasteiger charge is -2.16. The van der Waals surface area contributed by atoms with Crippen LogP contribution >= 0.6 is 23.4 Å². The molecule has 8 nitrogen and oxygen atoms in total. The fourth-order valence-electron chi connectivity index (χ4n) is 3.71. The number of rotatable bonds is 8. The summed E-state index contributed by atoms with van der Waals surface area (Å²) in [7, 11) is -3.58. The van der Waals surface area contributed by atoms with Crippen LogP contribution in [0.25, 0.3) is 10.9 Å². The molecule has 2 aromatic carbocycles. The third-order valence-corrected chi connectivity index (χ3v) is 8.45. The molecule has 2 heterocycles. The van der Waals surface area contributed by atoms with Crippen molar-refractivity contribution in [2.75, 3.05) is 24.2 Å². The molecule has 1 N–H and O–H groups in total. The molecule has 0 spiro atoms. The minimum atomic E-state index is -3.58. The highest BCUT2D eigenvalue weighted by atomic mass is 35.5. The number of hydrogen-bond acceptors (Lipinski definition) is 6. The number of nitrogens with one attached hydrogen (secondary N) is 1. The summed E-state index contributed by atoms with van der Waals surface area (Å²) in [5, 5.41) is 3.97. The average molecular weight is 519 g/mol. The fraction of sp³-hybridized carbons (Fsp3) is 0.261. The van der Waals surface area contributed by atoms with E-state index in [0.717, 1.165) is 24.6 Å². The molecule has 3 aromatic rings. The van der Waals surface area contributed by atoms with Crippen molar-refractivity contribution in [3.63, 3.8) is 0 Å². The first-order chi connectivity index (χ1) is 16.3. The highest BCUT2D eigenvalue weighted by molar-refractivity contribution is 7.99. The number of amides is 1. The van der Waals surface area contributed by atoms with Crippen LogP contribution in [-0.4, -0.2) is 47.0 Å². The van der Waals surface area contributed by atoms with Gasteiger partial charge < -0.3 is 5.32 Å². The number of sulfonamides is 1. The molecule has 0 unspecified atom stereocenters. The number of benzene rings is 2. The van der Waals surface area contributed by atoms with Crippen molar-refractivity contribution >= 4 is 55.9 Å². The van der Waals surface area contributed by atoms with E-state index in [4.69, 9.17) is 11.6 Å². The van der Waals surface area contributed by atoms with Crippen LogP contribution in [0.5, 0.6) is 0 Å². The lowest BCUT2D eigenvalue weighted by molar-refractivity contribution is -0.113. The van der Waals surface area contributed by atoms with Crippen molar-refractivity contribution in [1.82, 2.24) is 13.9 Å². The van der Waals surface area contributed by atoms with E-state index in [1.54, 1.807) is 36.4 Å². The maximum absolute atomic E-state index is 12.9. The Hall–Kier alpha value is -2.66. The quantitative estimate of drug-likeness (QED) is 0.277. The summed E-state index contributed by atoms with van der Waals surface area (Å²) in [6.45, 7) is 4.94. The Morgan fingerprint density at radius 3 is 2.71 bits per heavy atom. The van der Waals surface area contributed by atoms with Crippen LogP contribution in [0.4, 0.5) is 5.69 Å². The first-order valence-corrected chi connectivity index (χ1v) is 13.4. The molecule has 1 fully saturated rings. The van der Waals surface area contributed by atoms with E-state index < -0.39 is 10.0 Å². The number of carbonyl (C=O) groups excluding carboxylic acids is 1. The number of aromatic nitrogens is 2. The van der Waals surface area contributed by atoms with E-state index >= 15 is 0 Å². The predicted molar refractivity (Wildman–Crippen MR) is 135 cm³/mol. The van der Waals surface area contributed by atoms with Crippen LogP contribution < -0.4 is 10.9 Å². The SMILES string of the molecule is C=CCn1c(SCC(=O)Nc2cccc(S(=O)(=O)N3CCCC3)c2)nc2cc(Cl)ccc2c1=O. The second-order valence-corrected chi connectivity index (χ2v) is 11.1. The van der Waals surface area contributed by atoms with Crippen LogP contribution in [0.15, 0.2) is 70.0 Å². The zero-order valence-corrected chi connectivity index (χ0v) is 20.6. The Labute approximate surface area is 206 Å². The van der Waals surface area contributed by atoms with E-state index in [0.29, 0.717) is 39.9 Å². The van der Waals surface area contributed by atoms with Crippen LogP contribution in [-0.2, 0) is 21.4 Å². The van der Waals surface area contributed by atoms with Gasteiger partial charge in [0.15, 0.2) is 5.16 Å². The second kappa shape index (κ2) is 10.3. The third-order valence-electron chi connectivity index (χ3n) is 5.35. The Kier molecular flexibility index (Phi) is 7.42. The molecule has 34 heavy (non-hydrogen) atoms. The molecule has 178 valence electrons. The number of allylic oxidation sites excluding steroid dienone is 1. The molecule has 1 aromatic heterocycles. The minimum absolute atomic E-state index is 0.0290. The van der Waals surface area contributed by atoms with Gasteiger partial charge in [0.25, 0.3) is 5.56 Å². The number of thioether (sulfide) groups is 1. The van der Waals surface area contributed by atoms with Gasteiger partial charge in [-0.05, 0) is 49.2 Å². The van der Waals surface area contributed by atoms with Crippen molar-refractivity contribution < 1.29 is 13.2 Å². The molecule has 0 saturated carbocycles. The van der Waals surface area contributed by atoms with Gasteiger partial charge in [-0.3, -0.25) is 14.2 Å². The highest BCUT2D eigenvalue weighted by Crippen LogP contribution is 2.24. The lowest BCUT2D eigenvalue weighted by atomic mass is 10.2. The van der Waals surface area contributed by atoms with Gasteiger partial charge in [-0.1, -0.05) is 35.5 Å². The molecule has 4 rings (SSSR count). The number of halogens is 1. The summed E-state index contributed by atoms with van der Waals surface area (Å²) in [5.41, 5.74) is 0.581. The first kappa shape index (κ1) is 24.5. The van der Waals surface area contributed by atoms with Crippen LogP contribution in [0, 0.1) is 0 Å². The smallest absolute Gasteiger partial charge is 0.262 e. The van der Waals surface area contributed by atoms with Crippen LogP contribution in [0.2, 0.25) is 5.02 Å². The van der Waals surface area contributed by atoms with Crippen molar-refractivity contribution in [3.8, 4) is 0 Å². The van der Waals surface area contributed by atoms with E-state index in [1.807, 2.05) is 0 Å². The summed E-state index contributed by atoms with van der Waals surface area (Å²) < 4.78 is 28.5. The van der Waals surface area contributed by atoms with Crippen molar-refractivity contribution in [3.05, 3.63) is 70.5 Å². The Balaban J connectivity index is 1.51. The van der Waals surface area contributed by atoms with E-state index in [1.165, 1.54) is 21.0 Å². The molecular formula is C23H23ClN4O4S2. The van der Waals surface area contributed by atoms with Gasteiger partial charge in [0.1, 0.15) is 0 Å². The first-order valence-electron chi connectivity index (χ1n) is 10.6. The highest BCUT2D eigenvalue weighted by Gasteiger charge is 2.27. The molecule has 1 aliphatic rings. The van der Waals surface area contributed by atoms with Gasteiger partial charge in [0, 0.05) is 30.3 Å². The molecule has 1 saturated heterocycles. The van der Waals surface area contributed by atoms with E-state index in [2.05, 4.69) is 16.9 Å². The van der Waals surface area contributed by atoms with Gasteiger partial charge in [-0.25, -0.2) is 13.4 Å². The number of nitrogens with zero attached hydrogens (tertiary/aromatic N) is 3. The Bertz CT molecular complexity index is 1420. The Morgan fingerprint density at radius 1 is 1.21 bits per heavy atom. The minimum Gasteiger partial charge on any atom is -0.325 e. The van der Waals surface area contributed by atoms with Crippen molar-refractivity contribution in [1.29, 1.82) is 0 Å². The molecule has 11 heteroatoms. The number of fused-ring (bicyclic) bond motifs is 1. The van der Waals surface area contributed by atoms with Gasteiger partial charge in [-0.15, -0.1) is 6.58 Å². The van der Waals surface area contributed by atoms with Crippen molar-refractivity contribution in [2.24, 2.45) is 0 Å². The maximum Gasteiger partial charge on any atom is 0.262 e. The monoisotopic (exact) mass is 518 g/mol. The molecule has 0 atom stereocenters. The third kappa shape index (κ3) is 5.20. The summed E-state index contributed by atoms with van der Waals surface area (Å²) in [6.07, 6.45) is 3.28. The second-order valence-electron chi connectivity index (χ2n) is 7.74.